The van der Waals surface area contributed by atoms with Crippen LogP contribution in [-0.2, 0) is 59.4 Å². The number of carbonyl (C=O) groups excluding carboxylic acids is 7. The molecule has 1 aliphatic heterocycles. The van der Waals surface area contributed by atoms with Gasteiger partial charge in [0.15, 0.2) is 0 Å². The van der Waals surface area contributed by atoms with Crippen LogP contribution < -0.4 is 43.0 Å². The minimum atomic E-state index is -1.69. The summed E-state index contributed by atoms with van der Waals surface area (Å²) in [6, 6.07) is 14.4. The van der Waals surface area contributed by atoms with Crippen LogP contribution >= 0.6 is 21.6 Å². The van der Waals surface area contributed by atoms with Gasteiger partial charge in [-0.25, -0.2) is 4.68 Å². The summed E-state index contributed by atoms with van der Waals surface area (Å²) in [4.78, 5) is 104. The van der Waals surface area contributed by atoms with Gasteiger partial charge in [0.25, 0.3) is 0 Å². The average Bonchev–Trinajstić information content (AvgIpc) is 4.08. The molecular weight excluding hydrogens is 1010 g/mol. The molecule has 10 atom stereocenters. The Morgan fingerprint density at radius 3 is 2.05 bits per heavy atom. The van der Waals surface area contributed by atoms with E-state index in [9.17, 15) is 48.9 Å². The second-order valence-corrected chi connectivity index (χ2v) is 20.8. The van der Waals surface area contributed by atoms with Crippen molar-refractivity contribution in [3.63, 3.8) is 0 Å². The van der Waals surface area contributed by atoms with Gasteiger partial charge >= 0.3 is 0 Å². The van der Waals surface area contributed by atoms with Crippen molar-refractivity contribution in [3.8, 4) is 0 Å². The van der Waals surface area contributed by atoms with Gasteiger partial charge in [-0.05, 0) is 72.7 Å². The van der Waals surface area contributed by atoms with Gasteiger partial charge in [-0.15, -0.1) is 5.10 Å². The Hall–Kier alpha value is -6.90. The number of nitrogens with two attached hydrogens (primary N) is 1. The number of tetrazole rings is 1. The van der Waals surface area contributed by atoms with Gasteiger partial charge in [-0.2, -0.15) is 0 Å². The number of hydrogen-bond donors (Lipinski definition) is 12. The number of aliphatic hydroxyl groups is 3. The summed E-state index contributed by atoms with van der Waals surface area (Å²) in [6.45, 7) is 2.30. The number of aliphatic hydroxyl groups excluding tert-OH is 3. The van der Waals surface area contributed by atoms with Crippen molar-refractivity contribution in [2.45, 2.75) is 119 Å². The van der Waals surface area contributed by atoms with E-state index < -0.39 is 108 Å². The first-order valence-electron chi connectivity index (χ1n) is 24.5. The van der Waals surface area contributed by atoms with E-state index in [1.54, 1.807) is 60.8 Å². The standard InChI is InChI=1S/C50H65N13O10S2/c1-29(65)40(25-64)57-49(72)42-27-75-74-26-41(58-44(67)35(51)21-31-13-5-3-6-14-31)48(71)55-38(22-32-15-7-4-8-16-32)46(69)56-39(23-33-24-52-36-18-10-9-17-34(33)36)47(70)54-37(19-11-12-20-63-28-53-61-62-63)45(68)60-43(30(2)66)50(73)59-42/h3-10,13-18,24,28-30,35,37-43,52,64-66H,11-12,19-23,25-27,51H2,1-2H3,(H,54,70)(H,55,71)(H,56,69)(H,57,72)(H,58,67)(H,59,73)(H,60,68)/t29-,30-,35-,37-,38-,39+,40-,41-,42-,43+/m1/s1. The van der Waals surface area contributed by atoms with Crippen LogP contribution in [0.4, 0.5) is 0 Å². The van der Waals surface area contributed by atoms with E-state index in [1.165, 1.54) is 24.9 Å². The number of unbranched alkanes of at least 4 members (excludes halogenated alkanes) is 1. The molecule has 6 rings (SSSR count). The normalized spacial score (nSPS) is 22.2. The van der Waals surface area contributed by atoms with Crippen molar-refractivity contribution in [2.24, 2.45) is 5.73 Å². The molecule has 25 heteroatoms. The van der Waals surface area contributed by atoms with E-state index in [2.05, 4.69) is 57.7 Å². The molecule has 7 amide bonds. The zero-order chi connectivity index (χ0) is 53.9. The number of para-hydroxylation sites is 1. The van der Waals surface area contributed by atoms with Gasteiger partial charge < -0.3 is 63.3 Å². The smallest absolute Gasteiger partial charge is 0.245 e. The number of H-pyrrole nitrogens is 1. The van der Waals surface area contributed by atoms with Crippen molar-refractivity contribution < 1.29 is 48.9 Å². The van der Waals surface area contributed by atoms with Gasteiger partial charge in [0, 0.05) is 48.0 Å². The molecular formula is C50H65N13O10S2. The lowest BCUT2D eigenvalue weighted by Gasteiger charge is -2.29. The molecule has 0 spiro atoms. The number of aromatic amines is 1. The number of aromatic nitrogens is 5. The van der Waals surface area contributed by atoms with Crippen LogP contribution in [0.25, 0.3) is 10.9 Å². The first-order valence-corrected chi connectivity index (χ1v) is 27.0. The molecule has 0 aliphatic carbocycles. The highest BCUT2D eigenvalue weighted by atomic mass is 33.1. The predicted octanol–water partition coefficient (Wildman–Crippen LogP) is -1.08. The van der Waals surface area contributed by atoms with Crippen molar-refractivity contribution in [3.05, 3.63) is 114 Å². The Balaban J connectivity index is 1.38. The highest BCUT2D eigenvalue weighted by Gasteiger charge is 2.36. The summed E-state index contributed by atoms with van der Waals surface area (Å²) in [7, 11) is 2.05. The molecule has 0 radical (unpaired) electrons. The van der Waals surface area contributed by atoms with E-state index in [0.717, 1.165) is 38.1 Å². The molecule has 1 aliphatic rings. The first kappa shape index (κ1) is 57.4. The number of benzene rings is 3. The molecule has 2 aromatic heterocycles. The van der Waals surface area contributed by atoms with Crippen LogP contribution in [0.3, 0.4) is 0 Å². The topological polar surface area (TPSA) is 350 Å². The number of aryl methyl sites for hydroxylation is 1. The fourth-order valence-electron chi connectivity index (χ4n) is 8.14. The Morgan fingerprint density at radius 2 is 1.39 bits per heavy atom. The van der Waals surface area contributed by atoms with E-state index in [-0.39, 0.29) is 37.2 Å². The molecule has 23 nitrogen and oxygen atoms in total. The van der Waals surface area contributed by atoms with Crippen molar-refractivity contribution in [1.29, 1.82) is 0 Å². The predicted molar refractivity (Wildman–Crippen MR) is 281 cm³/mol. The summed E-state index contributed by atoms with van der Waals surface area (Å²) in [5, 5.41) is 61.9. The second-order valence-electron chi connectivity index (χ2n) is 18.3. The Labute approximate surface area is 440 Å². The Morgan fingerprint density at radius 1 is 0.760 bits per heavy atom. The van der Waals surface area contributed by atoms with E-state index in [1.807, 2.05) is 30.3 Å². The second kappa shape index (κ2) is 28.7. The lowest BCUT2D eigenvalue weighted by atomic mass is 10.0. The number of fused-ring (bicyclic) bond motifs is 1. The van der Waals surface area contributed by atoms with Crippen molar-refractivity contribution >= 4 is 73.8 Å². The Kier molecular flexibility index (Phi) is 21.9. The molecule has 0 saturated carbocycles. The summed E-state index contributed by atoms with van der Waals surface area (Å²) in [5.41, 5.74) is 9.20. The highest BCUT2D eigenvalue weighted by molar-refractivity contribution is 8.76. The summed E-state index contributed by atoms with van der Waals surface area (Å²) in [6.07, 6.45) is 1.10. The highest BCUT2D eigenvalue weighted by Crippen LogP contribution is 2.24. The van der Waals surface area contributed by atoms with Crippen LogP contribution in [0.1, 0.15) is 49.8 Å². The zero-order valence-electron chi connectivity index (χ0n) is 41.5. The third-order valence-electron chi connectivity index (χ3n) is 12.4. The maximum absolute atomic E-state index is 14.8. The molecule has 1 fully saturated rings. The molecule has 0 bridgehead atoms. The summed E-state index contributed by atoms with van der Waals surface area (Å²) >= 11 is 0. The van der Waals surface area contributed by atoms with Crippen LogP contribution in [-0.4, -0.2) is 161 Å². The van der Waals surface area contributed by atoms with Gasteiger partial charge in [-0.3, -0.25) is 33.6 Å². The van der Waals surface area contributed by atoms with Gasteiger partial charge in [0.2, 0.25) is 41.4 Å². The SMILES string of the molecule is C[C@@H](O)[C@@H]1NC(=O)[C@@H](CCCCn2cnnn2)NC(=O)[C@H](Cc2c[nH]c3ccccc23)NC(=O)[C@@H](Cc2ccccc2)NC(=O)[C@H](NC(=O)[C@H](N)Cc2ccccc2)CSSC[C@H](C(=O)N[C@H](CO)[C@@H](C)O)NC1=O. The van der Waals surface area contributed by atoms with Crippen LogP contribution in [0.15, 0.2) is 97.5 Å². The number of rotatable bonds is 18. The summed E-state index contributed by atoms with van der Waals surface area (Å²) in [5.74, 6) is -6.11. The lowest BCUT2D eigenvalue weighted by Crippen LogP contribution is -2.62. The van der Waals surface area contributed by atoms with Crippen LogP contribution in [0, 0.1) is 0 Å². The minimum absolute atomic E-state index is 0.00279. The number of carbonyl (C=O) groups is 7. The minimum Gasteiger partial charge on any atom is -0.394 e. The molecule has 3 aromatic carbocycles. The number of nitrogens with one attached hydrogen (secondary N) is 8. The molecule has 3 heterocycles. The average molecular weight is 1070 g/mol. The third kappa shape index (κ3) is 17.3. The van der Waals surface area contributed by atoms with E-state index in [4.69, 9.17) is 5.73 Å². The number of nitrogens with zero attached hydrogens (tertiary/aromatic N) is 4. The maximum atomic E-state index is 14.8. The third-order valence-corrected chi connectivity index (χ3v) is 14.8. The number of amides is 7. The fourth-order valence-corrected chi connectivity index (χ4v) is 10.5. The van der Waals surface area contributed by atoms with Gasteiger partial charge in [0.05, 0.1) is 30.9 Å². The zero-order valence-corrected chi connectivity index (χ0v) is 43.1. The molecule has 1 saturated heterocycles. The largest absolute Gasteiger partial charge is 0.394 e. The van der Waals surface area contributed by atoms with Gasteiger partial charge in [0.1, 0.15) is 42.6 Å². The maximum Gasteiger partial charge on any atom is 0.245 e. The first-order chi connectivity index (χ1) is 36.1. The number of hydrogen-bond acceptors (Lipinski definition) is 16. The monoisotopic (exact) mass is 1070 g/mol. The van der Waals surface area contributed by atoms with Gasteiger partial charge in [-0.1, -0.05) is 100 Å². The molecule has 5 aromatic rings. The van der Waals surface area contributed by atoms with Crippen molar-refractivity contribution in [1.82, 2.24) is 62.4 Å². The Bertz CT molecular complexity index is 2660. The van der Waals surface area contributed by atoms with E-state index >= 15 is 0 Å². The molecule has 402 valence electrons. The van der Waals surface area contributed by atoms with Crippen LogP contribution in [0.5, 0.6) is 0 Å². The lowest BCUT2D eigenvalue weighted by molar-refractivity contribution is -0.136. The molecule has 75 heavy (non-hydrogen) atoms. The molecule has 0 unspecified atom stereocenters. The molecule has 13 N–H and O–H groups in total. The van der Waals surface area contributed by atoms with Crippen molar-refractivity contribution in [2.75, 3.05) is 18.1 Å². The summed E-state index contributed by atoms with van der Waals surface area (Å²) < 4.78 is 1.49. The fraction of sp³-hybridized carbons (Fsp3) is 0.440. The quantitative estimate of drug-likeness (QED) is 0.0367. The van der Waals surface area contributed by atoms with E-state index in [0.29, 0.717) is 30.5 Å². The van der Waals surface area contributed by atoms with Crippen LogP contribution in [0.2, 0.25) is 0 Å².